The number of nitrogens with zero attached hydrogens (tertiary/aromatic N) is 5. The number of imidazole rings is 1. The highest BCUT2D eigenvalue weighted by Gasteiger charge is 2.28. The van der Waals surface area contributed by atoms with E-state index in [1.54, 1.807) is 27.9 Å². The topological polar surface area (TPSA) is 76.5 Å². The fourth-order valence-electron chi connectivity index (χ4n) is 3.41. The van der Waals surface area contributed by atoms with Crippen molar-refractivity contribution in [3.63, 3.8) is 0 Å². The van der Waals surface area contributed by atoms with Crippen LogP contribution < -0.4 is 0 Å². The van der Waals surface area contributed by atoms with Crippen LogP contribution in [0.1, 0.15) is 33.4 Å². The van der Waals surface area contributed by atoms with E-state index < -0.39 is 0 Å². The van der Waals surface area contributed by atoms with Gasteiger partial charge in [-0.2, -0.15) is 5.10 Å². The van der Waals surface area contributed by atoms with Gasteiger partial charge in [0.25, 0.3) is 5.91 Å². The molecule has 1 aromatic carbocycles. The zero-order chi connectivity index (χ0) is 18.2. The van der Waals surface area contributed by atoms with Crippen molar-refractivity contribution < 1.29 is 9.21 Å². The molecule has 27 heavy (non-hydrogen) atoms. The Morgan fingerprint density at radius 3 is 2.93 bits per heavy atom. The van der Waals surface area contributed by atoms with E-state index >= 15 is 0 Å². The molecule has 0 aliphatic carbocycles. The predicted octanol–water partition coefficient (Wildman–Crippen LogP) is 2.51. The van der Waals surface area contributed by atoms with Gasteiger partial charge < -0.3 is 9.32 Å². The molecule has 0 bridgehead atoms. The first-order chi connectivity index (χ1) is 13.3. The number of benzene rings is 1. The molecule has 0 saturated heterocycles. The Bertz CT molecular complexity index is 1120. The molecule has 0 saturated carbocycles. The predicted molar refractivity (Wildman–Crippen MR) is 97.2 cm³/mol. The number of oxazole rings is 1. The fourth-order valence-corrected chi connectivity index (χ4v) is 3.41. The van der Waals surface area contributed by atoms with Crippen molar-refractivity contribution in [1.29, 1.82) is 0 Å². The number of carbonyl (C=O) groups excluding carboxylic acids is 1. The monoisotopic (exact) mass is 359 g/mol. The van der Waals surface area contributed by atoms with Crippen LogP contribution in [0.15, 0.2) is 59.3 Å². The van der Waals surface area contributed by atoms with Crippen LogP contribution in [0.5, 0.6) is 0 Å². The highest BCUT2D eigenvalue weighted by atomic mass is 16.4. The molecule has 0 spiro atoms. The Hall–Kier alpha value is -3.48. The van der Waals surface area contributed by atoms with Crippen molar-refractivity contribution in [1.82, 2.24) is 24.5 Å². The third kappa shape index (κ3) is 2.87. The average molecular weight is 359 g/mol. The summed E-state index contributed by atoms with van der Waals surface area (Å²) in [6.45, 7) is 1.03. The molecule has 5 rings (SSSR count). The fraction of sp³-hybridized carbons (Fsp3) is 0.200. The van der Waals surface area contributed by atoms with Crippen LogP contribution in [-0.4, -0.2) is 36.9 Å². The molecule has 0 radical (unpaired) electrons. The maximum atomic E-state index is 12.9. The van der Waals surface area contributed by atoms with E-state index in [0.29, 0.717) is 43.2 Å². The quantitative estimate of drug-likeness (QED) is 0.562. The van der Waals surface area contributed by atoms with Gasteiger partial charge in [-0.1, -0.05) is 30.3 Å². The molecule has 1 aliphatic rings. The molecule has 7 heteroatoms. The summed E-state index contributed by atoms with van der Waals surface area (Å²) in [5.74, 6) is 1.47. The average Bonchev–Trinajstić information content (AvgIpc) is 3.31. The third-order valence-corrected chi connectivity index (χ3v) is 4.75. The number of carbonyl (C=O) groups is 1. The standard InChI is InChI=1S/C20H17N5O2/c26-20(16-12-21-18-7-4-9-22-25(16)18)24-10-8-17-15(13-24)23-19(27-17)11-14-5-2-1-3-6-14/h1-7,9,12H,8,10-11,13H2. The summed E-state index contributed by atoms with van der Waals surface area (Å²) in [5.41, 5.74) is 3.11. The molecule has 0 N–H and O–H groups in total. The SMILES string of the molecule is O=C(c1cnc2cccnn12)N1CCc2oc(Cc3ccccc3)nc2C1. The highest BCUT2D eigenvalue weighted by Crippen LogP contribution is 2.22. The summed E-state index contributed by atoms with van der Waals surface area (Å²) in [5, 5.41) is 4.22. The van der Waals surface area contributed by atoms with Gasteiger partial charge in [0.05, 0.1) is 12.7 Å². The Kier molecular flexibility index (Phi) is 3.71. The van der Waals surface area contributed by atoms with Gasteiger partial charge in [0, 0.05) is 25.6 Å². The van der Waals surface area contributed by atoms with Gasteiger partial charge in [0.1, 0.15) is 11.5 Å². The van der Waals surface area contributed by atoms with Gasteiger partial charge in [-0.25, -0.2) is 14.5 Å². The lowest BCUT2D eigenvalue weighted by Gasteiger charge is -2.24. The van der Waals surface area contributed by atoms with E-state index in [9.17, 15) is 4.79 Å². The molecule has 0 unspecified atom stereocenters. The van der Waals surface area contributed by atoms with Crippen molar-refractivity contribution in [3.05, 3.63) is 83.5 Å². The van der Waals surface area contributed by atoms with E-state index in [0.717, 1.165) is 17.0 Å². The van der Waals surface area contributed by atoms with Crippen LogP contribution in [0, 0.1) is 0 Å². The molecule has 1 aliphatic heterocycles. The van der Waals surface area contributed by atoms with Crippen molar-refractivity contribution >= 4 is 11.6 Å². The second-order valence-electron chi connectivity index (χ2n) is 6.55. The van der Waals surface area contributed by atoms with Gasteiger partial charge in [0.15, 0.2) is 17.2 Å². The molecule has 3 aromatic heterocycles. The maximum absolute atomic E-state index is 12.9. The summed E-state index contributed by atoms with van der Waals surface area (Å²) < 4.78 is 7.49. The van der Waals surface area contributed by atoms with E-state index in [-0.39, 0.29) is 5.91 Å². The Morgan fingerprint density at radius 1 is 1.15 bits per heavy atom. The summed E-state index contributed by atoms with van der Waals surface area (Å²) in [7, 11) is 0. The van der Waals surface area contributed by atoms with E-state index in [4.69, 9.17) is 4.42 Å². The first-order valence-electron chi connectivity index (χ1n) is 8.87. The van der Waals surface area contributed by atoms with Gasteiger partial charge in [-0.3, -0.25) is 4.79 Å². The molecule has 0 atom stereocenters. The number of rotatable bonds is 3. The van der Waals surface area contributed by atoms with Crippen molar-refractivity contribution in [3.8, 4) is 0 Å². The summed E-state index contributed by atoms with van der Waals surface area (Å²) in [6.07, 6.45) is 4.53. The number of aromatic nitrogens is 4. The molecule has 4 aromatic rings. The second-order valence-corrected chi connectivity index (χ2v) is 6.55. The second kappa shape index (κ2) is 6.35. The molecule has 134 valence electrons. The Balaban J connectivity index is 1.37. The van der Waals surface area contributed by atoms with Crippen molar-refractivity contribution in [2.75, 3.05) is 6.54 Å². The van der Waals surface area contributed by atoms with E-state index in [1.165, 1.54) is 0 Å². The summed E-state index contributed by atoms with van der Waals surface area (Å²) in [4.78, 5) is 23.6. The zero-order valence-electron chi connectivity index (χ0n) is 14.6. The van der Waals surface area contributed by atoms with Crippen LogP contribution in [-0.2, 0) is 19.4 Å². The number of hydrogen-bond acceptors (Lipinski definition) is 5. The smallest absolute Gasteiger partial charge is 0.274 e. The summed E-state index contributed by atoms with van der Waals surface area (Å²) in [6, 6.07) is 13.7. The van der Waals surface area contributed by atoms with Crippen molar-refractivity contribution in [2.24, 2.45) is 0 Å². The minimum atomic E-state index is -0.0977. The number of fused-ring (bicyclic) bond motifs is 2. The molecular formula is C20H17N5O2. The Labute approximate surface area is 155 Å². The minimum Gasteiger partial charge on any atom is -0.445 e. The van der Waals surface area contributed by atoms with E-state index in [2.05, 4.69) is 27.2 Å². The lowest BCUT2D eigenvalue weighted by molar-refractivity contribution is 0.0719. The highest BCUT2D eigenvalue weighted by molar-refractivity contribution is 5.93. The van der Waals surface area contributed by atoms with Gasteiger partial charge in [-0.05, 0) is 17.7 Å². The zero-order valence-corrected chi connectivity index (χ0v) is 14.6. The normalized spacial score (nSPS) is 13.7. The van der Waals surface area contributed by atoms with Crippen LogP contribution >= 0.6 is 0 Å². The molecule has 7 nitrogen and oxygen atoms in total. The van der Waals surface area contributed by atoms with Crippen LogP contribution in [0.4, 0.5) is 0 Å². The van der Waals surface area contributed by atoms with Gasteiger partial charge >= 0.3 is 0 Å². The van der Waals surface area contributed by atoms with Gasteiger partial charge in [-0.15, -0.1) is 0 Å². The largest absolute Gasteiger partial charge is 0.445 e. The van der Waals surface area contributed by atoms with E-state index in [1.807, 2.05) is 24.3 Å². The lowest BCUT2D eigenvalue weighted by Crippen LogP contribution is -2.36. The van der Waals surface area contributed by atoms with Gasteiger partial charge in [0.2, 0.25) is 0 Å². The van der Waals surface area contributed by atoms with Crippen LogP contribution in [0.3, 0.4) is 0 Å². The number of hydrogen-bond donors (Lipinski definition) is 0. The molecule has 1 amide bonds. The molecular weight excluding hydrogens is 342 g/mol. The first kappa shape index (κ1) is 15.7. The molecule has 4 heterocycles. The third-order valence-electron chi connectivity index (χ3n) is 4.75. The molecule has 0 fully saturated rings. The maximum Gasteiger partial charge on any atom is 0.274 e. The minimum absolute atomic E-state index is 0.0977. The Morgan fingerprint density at radius 2 is 2.04 bits per heavy atom. The first-order valence-corrected chi connectivity index (χ1v) is 8.87. The van der Waals surface area contributed by atoms with Crippen LogP contribution in [0.2, 0.25) is 0 Å². The number of amides is 1. The lowest BCUT2D eigenvalue weighted by atomic mass is 10.1. The van der Waals surface area contributed by atoms with Crippen molar-refractivity contribution in [2.45, 2.75) is 19.4 Å². The van der Waals surface area contributed by atoms with Crippen LogP contribution in [0.25, 0.3) is 5.65 Å². The summed E-state index contributed by atoms with van der Waals surface area (Å²) >= 11 is 0.